The lowest BCUT2D eigenvalue weighted by Gasteiger charge is -2.14. The van der Waals surface area contributed by atoms with Crippen LogP contribution in [0, 0.1) is 0 Å². The standard InChI is InChI=1S/C16H19N5/c1-13(18-7-6-16-19-8-9-20-16)14-2-4-15(5-3-14)21-11-10-17-12-21/h2-5,8-13,18H,6-7H2,1H3,(H,19,20). The molecule has 0 saturated carbocycles. The molecule has 2 N–H and O–H groups in total. The Morgan fingerprint density at radius 1 is 1.24 bits per heavy atom. The van der Waals surface area contributed by atoms with Gasteiger partial charge in [-0.15, -0.1) is 0 Å². The van der Waals surface area contributed by atoms with Crippen LogP contribution < -0.4 is 5.32 Å². The zero-order chi connectivity index (χ0) is 14.5. The highest BCUT2D eigenvalue weighted by molar-refractivity contribution is 5.35. The van der Waals surface area contributed by atoms with Crippen LogP contribution in [-0.2, 0) is 6.42 Å². The molecule has 2 aromatic heterocycles. The average molecular weight is 281 g/mol. The Morgan fingerprint density at radius 2 is 2.10 bits per heavy atom. The highest BCUT2D eigenvalue weighted by atomic mass is 15.0. The van der Waals surface area contributed by atoms with Crippen LogP contribution in [0.15, 0.2) is 55.4 Å². The molecule has 5 nitrogen and oxygen atoms in total. The van der Waals surface area contributed by atoms with Crippen molar-refractivity contribution >= 4 is 0 Å². The van der Waals surface area contributed by atoms with Crippen molar-refractivity contribution in [2.75, 3.05) is 6.54 Å². The SMILES string of the molecule is CC(NCCc1ncc[nH]1)c1ccc(-n2ccnc2)cc1. The molecule has 108 valence electrons. The van der Waals surface area contributed by atoms with Crippen LogP contribution in [0.25, 0.3) is 5.69 Å². The van der Waals surface area contributed by atoms with E-state index in [1.54, 1.807) is 18.7 Å². The van der Waals surface area contributed by atoms with Crippen molar-refractivity contribution < 1.29 is 0 Å². The molecule has 5 heteroatoms. The first-order valence-corrected chi connectivity index (χ1v) is 7.13. The molecule has 0 aliphatic rings. The van der Waals surface area contributed by atoms with Gasteiger partial charge in [-0.3, -0.25) is 0 Å². The Labute approximate surface area is 124 Å². The highest BCUT2D eigenvalue weighted by Gasteiger charge is 2.05. The maximum absolute atomic E-state index is 4.22. The summed E-state index contributed by atoms with van der Waals surface area (Å²) >= 11 is 0. The van der Waals surface area contributed by atoms with Crippen molar-refractivity contribution in [1.29, 1.82) is 0 Å². The molecule has 0 aliphatic heterocycles. The molecule has 1 aromatic carbocycles. The number of benzene rings is 1. The largest absolute Gasteiger partial charge is 0.349 e. The molecule has 3 aromatic rings. The second-order valence-electron chi connectivity index (χ2n) is 5.02. The van der Waals surface area contributed by atoms with E-state index < -0.39 is 0 Å². The summed E-state index contributed by atoms with van der Waals surface area (Å²) in [6, 6.07) is 8.85. The van der Waals surface area contributed by atoms with E-state index >= 15 is 0 Å². The van der Waals surface area contributed by atoms with Crippen LogP contribution in [0.5, 0.6) is 0 Å². The minimum absolute atomic E-state index is 0.316. The molecule has 0 aliphatic carbocycles. The van der Waals surface area contributed by atoms with Crippen molar-refractivity contribution in [3.63, 3.8) is 0 Å². The van der Waals surface area contributed by atoms with Crippen molar-refractivity contribution in [2.45, 2.75) is 19.4 Å². The predicted molar refractivity (Wildman–Crippen MR) is 82.3 cm³/mol. The van der Waals surface area contributed by atoms with E-state index in [1.807, 2.05) is 17.0 Å². The number of aromatic amines is 1. The summed E-state index contributed by atoms with van der Waals surface area (Å²) in [4.78, 5) is 11.4. The summed E-state index contributed by atoms with van der Waals surface area (Å²) in [5.74, 6) is 1.02. The molecule has 0 radical (unpaired) electrons. The lowest BCUT2D eigenvalue weighted by atomic mass is 10.1. The number of rotatable bonds is 6. The molecule has 21 heavy (non-hydrogen) atoms. The topological polar surface area (TPSA) is 58.5 Å². The Hall–Kier alpha value is -2.40. The first-order chi connectivity index (χ1) is 10.3. The maximum atomic E-state index is 4.22. The van der Waals surface area contributed by atoms with Crippen LogP contribution in [0.1, 0.15) is 24.4 Å². The van der Waals surface area contributed by atoms with E-state index in [1.165, 1.54) is 5.56 Å². The lowest BCUT2D eigenvalue weighted by Crippen LogP contribution is -2.21. The Morgan fingerprint density at radius 3 is 2.76 bits per heavy atom. The fourth-order valence-electron chi connectivity index (χ4n) is 2.31. The molecule has 2 heterocycles. The first-order valence-electron chi connectivity index (χ1n) is 7.13. The summed E-state index contributed by atoms with van der Waals surface area (Å²) in [6.45, 7) is 3.08. The summed E-state index contributed by atoms with van der Waals surface area (Å²) in [5, 5.41) is 3.51. The number of nitrogens with one attached hydrogen (secondary N) is 2. The van der Waals surface area contributed by atoms with Crippen LogP contribution in [-0.4, -0.2) is 26.1 Å². The van der Waals surface area contributed by atoms with Crippen LogP contribution >= 0.6 is 0 Å². The number of nitrogens with zero attached hydrogens (tertiary/aromatic N) is 3. The quantitative estimate of drug-likeness (QED) is 0.730. The summed E-state index contributed by atoms with van der Waals surface area (Å²) < 4.78 is 2.00. The molecular formula is C16H19N5. The van der Waals surface area contributed by atoms with E-state index in [2.05, 4.69) is 51.5 Å². The molecule has 3 rings (SSSR count). The van der Waals surface area contributed by atoms with E-state index in [9.17, 15) is 0 Å². The van der Waals surface area contributed by atoms with Crippen molar-refractivity contribution in [3.8, 4) is 5.69 Å². The molecule has 1 atom stereocenters. The molecule has 1 unspecified atom stereocenters. The molecule has 0 bridgehead atoms. The molecular weight excluding hydrogens is 262 g/mol. The van der Waals surface area contributed by atoms with Gasteiger partial charge in [0.15, 0.2) is 0 Å². The molecule has 0 saturated heterocycles. The van der Waals surface area contributed by atoms with Gasteiger partial charge >= 0.3 is 0 Å². The second kappa shape index (κ2) is 6.37. The minimum atomic E-state index is 0.316. The second-order valence-corrected chi connectivity index (χ2v) is 5.02. The monoisotopic (exact) mass is 281 g/mol. The number of hydrogen-bond donors (Lipinski definition) is 2. The van der Waals surface area contributed by atoms with Gasteiger partial charge in [-0.25, -0.2) is 9.97 Å². The number of H-pyrrole nitrogens is 1. The highest BCUT2D eigenvalue weighted by Crippen LogP contribution is 2.15. The van der Waals surface area contributed by atoms with Gasteiger partial charge in [0.2, 0.25) is 0 Å². The average Bonchev–Trinajstić information content (AvgIpc) is 3.21. The third-order valence-electron chi connectivity index (χ3n) is 3.56. The van der Waals surface area contributed by atoms with Gasteiger partial charge in [-0.1, -0.05) is 12.1 Å². The minimum Gasteiger partial charge on any atom is -0.349 e. The van der Waals surface area contributed by atoms with Gasteiger partial charge in [0, 0.05) is 49.5 Å². The molecule has 0 spiro atoms. The maximum Gasteiger partial charge on any atom is 0.107 e. The normalized spacial score (nSPS) is 12.4. The Kier molecular flexibility index (Phi) is 4.12. The van der Waals surface area contributed by atoms with Gasteiger partial charge < -0.3 is 14.9 Å². The van der Waals surface area contributed by atoms with Gasteiger partial charge in [0.05, 0.1) is 6.33 Å². The van der Waals surface area contributed by atoms with Gasteiger partial charge in [-0.05, 0) is 24.6 Å². The molecule has 0 fully saturated rings. The fourth-order valence-corrected chi connectivity index (χ4v) is 2.31. The van der Waals surface area contributed by atoms with Crippen molar-refractivity contribution in [2.24, 2.45) is 0 Å². The third kappa shape index (κ3) is 3.38. The van der Waals surface area contributed by atoms with E-state index in [4.69, 9.17) is 0 Å². The zero-order valence-electron chi connectivity index (χ0n) is 12.0. The Bertz CT molecular complexity index is 641. The summed E-state index contributed by atoms with van der Waals surface area (Å²) in [6.07, 6.45) is 10.1. The van der Waals surface area contributed by atoms with Gasteiger partial charge in [0.25, 0.3) is 0 Å². The van der Waals surface area contributed by atoms with Crippen LogP contribution in [0.3, 0.4) is 0 Å². The smallest absolute Gasteiger partial charge is 0.107 e. The van der Waals surface area contributed by atoms with Crippen molar-refractivity contribution in [1.82, 2.24) is 24.8 Å². The van der Waals surface area contributed by atoms with Gasteiger partial charge in [0.1, 0.15) is 5.82 Å². The summed E-state index contributed by atoms with van der Waals surface area (Å²) in [7, 11) is 0. The zero-order valence-corrected chi connectivity index (χ0v) is 12.0. The lowest BCUT2D eigenvalue weighted by molar-refractivity contribution is 0.571. The number of imidazole rings is 2. The van der Waals surface area contributed by atoms with E-state index in [0.29, 0.717) is 6.04 Å². The molecule has 0 amide bonds. The summed E-state index contributed by atoms with van der Waals surface area (Å²) in [5.41, 5.74) is 2.40. The predicted octanol–water partition coefficient (Wildman–Crippen LogP) is 2.49. The van der Waals surface area contributed by atoms with E-state index in [0.717, 1.165) is 24.5 Å². The first kappa shape index (κ1) is 13.6. The van der Waals surface area contributed by atoms with Crippen molar-refractivity contribution in [3.05, 3.63) is 66.8 Å². The number of aromatic nitrogens is 4. The number of hydrogen-bond acceptors (Lipinski definition) is 3. The van der Waals surface area contributed by atoms with Gasteiger partial charge in [-0.2, -0.15) is 0 Å². The Balaban J connectivity index is 1.56. The van der Waals surface area contributed by atoms with Crippen LogP contribution in [0.4, 0.5) is 0 Å². The fraction of sp³-hybridized carbons (Fsp3) is 0.250. The van der Waals surface area contributed by atoms with E-state index in [-0.39, 0.29) is 0 Å². The third-order valence-corrected chi connectivity index (χ3v) is 3.56. The van der Waals surface area contributed by atoms with Crippen LogP contribution in [0.2, 0.25) is 0 Å².